The fraction of sp³-hybridized carbons (Fsp3) is 0.529. The number of carbonyl (C=O) groups is 1. The van der Waals surface area contributed by atoms with Gasteiger partial charge >= 0.3 is 0 Å². The van der Waals surface area contributed by atoms with E-state index in [9.17, 15) is 4.79 Å². The van der Waals surface area contributed by atoms with E-state index in [1.165, 1.54) is 12.8 Å². The lowest BCUT2D eigenvalue weighted by atomic mass is 10.00. The SMILES string of the molecule is CN=C(NCCC(=O)Nc1ccc(Br)cc1)N1CCC(C)CC1.I. The number of hydrogen-bond acceptors (Lipinski definition) is 2. The summed E-state index contributed by atoms with van der Waals surface area (Å²) >= 11 is 3.38. The Labute approximate surface area is 169 Å². The molecule has 1 saturated heterocycles. The number of halogens is 2. The van der Waals surface area contributed by atoms with Crippen molar-refractivity contribution in [2.24, 2.45) is 10.9 Å². The molecule has 24 heavy (non-hydrogen) atoms. The molecule has 5 nitrogen and oxygen atoms in total. The van der Waals surface area contributed by atoms with Gasteiger partial charge in [0, 0.05) is 43.3 Å². The van der Waals surface area contributed by atoms with E-state index >= 15 is 0 Å². The largest absolute Gasteiger partial charge is 0.356 e. The molecular weight excluding hydrogens is 483 g/mol. The van der Waals surface area contributed by atoms with Crippen LogP contribution in [0.3, 0.4) is 0 Å². The molecule has 0 aliphatic carbocycles. The first-order chi connectivity index (χ1) is 11.1. The van der Waals surface area contributed by atoms with Gasteiger partial charge in [-0.05, 0) is 43.0 Å². The summed E-state index contributed by atoms with van der Waals surface area (Å²) in [6.45, 7) is 4.94. The van der Waals surface area contributed by atoms with E-state index in [4.69, 9.17) is 0 Å². The number of carbonyl (C=O) groups excluding carboxylic acids is 1. The van der Waals surface area contributed by atoms with Crippen LogP contribution >= 0.6 is 39.9 Å². The molecule has 134 valence electrons. The van der Waals surface area contributed by atoms with E-state index in [-0.39, 0.29) is 29.9 Å². The Morgan fingerprint density at radius 1 is 1.29 bits per heavy atom. The molecule has 1 heterocycles. The van der Waals surface area contributed by atoms with Gasteiger partial charge < -0.3 is 15.5 Å². The minimum absolute atomic E-state index is 0. The monoisotopic (exact) mass is 508 g/mol. The number of rotatable bonds is 4. The molecule has 2 rings (SSSR count). The molecule has 1 fully saturated rings. The number of guanidine groups is 1. The van der Waals surface area contributed by atoms with Crippen LogP contribution in [0, 0.1) is 5.92 Å². The van der Waals surface area contributed by atoms with Gasteiger partial charge in [0.05, 0.1) is 0 Å². The highest BCUT2D eigenvalue weighted by Crippen LogP contribution is 2.16. The summed E-state index contributed by atoms with van der Waals surface area (Å²) in [5.41, 5.74) is 0.813. The minimum Gasteiger partial charge on any atom is -0.356 e. The number of amides is 1. The van der Waals surface area contributed by atoms with Crippen LogP contribution in [-0.2, 0) is 4.79 Å². The molecular formula is C17H26BrIN4O. The van der Waals surface area contributed by atoms with Crippen molar-refractivity contribution in [2.75, 3.05) is 32.0 Å². The molecule has 0 aromatic heterocycles. The summed E-state index contributed by atoms with van der Waals surface area (Å²) in [4.78, 5) is 18.6. The molecule has 1 aliphatic rings. The van der Waals surface area contributed by atoms with Gasteiger partial charge in [-0.25, -0.2) is 0 Å². The van der Waals surface area contributed by atoms with E-state index in [1.807, 2.05) is 24.3 Å². The maximum atomic E-state index is 12.0. The Hall–Kier alpha value is -0.830. The normalized spacial score (nSPS) is 15.6. The Bertz CT molecular complexity index is 542. The number of anilines is 1. The van der Waals surface area contributed by atoms with Crippen molar-refractivity contribution in [3.63, 3.8) is 0 Å². The Morgan fingerprint density at radius 2 is 1.92 bits per heavy atom. The third kappa shape index (κ3) is 6.96. The van der Waals surface area contributed by atoms with Crippen molar-refractivity contribution in [3.05, 3.63) is 28.7 Å². The van der Waals surface area contributed by atoms with Crippen molar-refractivity contribution < 1.29 is 4.79 Å². The molecule has 1 aromatic rings. The fourth-order valence-electron chi connectivity index (χ4n) is 2.60. The zero-order valence-electron chi connectivity index (χ0n) is 14.2. The zero-order valence-corrected chi connectivity index (χ0v) is 18.1. The molecule has 0 unspecified atom stereocenters. The lowest BCUT2D eigenvalue weighted by Crippen LogP contribution is -2.45. The summed E-state index contributed by atoms with van der Waals surface area (Å²) in [6.07, 6.45) is 2.81. The van der Waals surface area contributed by atoms with Gasteiger partial charge in [-0.1, -0.05) is 22.9 Å². The van der Waals surface area contributed by atoms with E-state index in [0.717, 1.165) is 35.1 Å². The van der Waals surface area contributed by atoms with E-state index in [2.05, 4.69) is 43.4 Å². The molecule has 7 heteroatoms. The molecule has 0 bridgehead atoms. The van der Waals surface area contributed by atoms with Gasteiger partial charge in [-0.15, -0.1) is 24.0 Å². The van der Waals surface area contributed by atoms with Gasteiger partial charge in [0.15, 0.2) is 5.96 Å². The Kier molecular flexibility index (Phi) is 9.65. The highest BCUT2D eigenvalue weighted by molar-refractivity contribution is 14.0. The molecule has 0 atom stereocenters. The second kappa shape index (κ2) is 10.9. The van der Waals surface area contributed by atoms with Crippen LogP contribution in [0.4, 0.5) is 5.69 Å². The van der Waals surface area contributed by atoms with Crippen molar-refractivity contribution in [1.29, 1.82) is 0 Å². The van der Waals surface area contributed by atoms with E-state index in [0.29, 0.717) is 13.0 Å². The highest BCUT2D eigenvalue weighted by atomic mass is 127. The molecule has 0 spiro atoms. The number of hydrogen-bond donors (Lipinski definition) is 2. The number of likely N-dealkylation sites (tertiary alicyclic amines) is 1. The van der Waals surface area contributed by atoms with Crippen molar-refractivity contribution >= 4 is 57.5 Å². The first-order valence-electron chi connectivity index (χ1n) is 8.09. The summed E-state index contributed by atoms with van der Waals surface area (Å²) in [7, 11) is 1.79. The minimum atomic E-state index is 0. The van der Waals surface area contributed by atoms with Crippen molar-refractivity contribution in [2.45, 2.75) is 26.2 Å². The Balaban J connectivity index is 0.00000288. The van der Waals surface area contributed by atoms with Crippen molar-refractivity contribution in [1.82, 2.24) is 10.2 Å². The van der Waals surface area contributed by atoms with Crippen LogP contribution in [0.25, 0.3) is 0 Å². The molecule has 2 N–H and O–H groups in total. The zero-order chi connectivity index (χ0) is 16.7. The number of benzene rings is 1. The first kappa shape index (κ1) is 21.2. The average molecular weight is 509 g/mol. The topological polar surface area (TPSA) is 56.7 Å². The fourth-order valence-corrected chi connectivity index (χ4v) is 2.86. The van der Waals surface area contributed by atoms with Crippen LogP contribution in [0.15, 0.2) is 33.7 Å². The van der Waals surface area contributed by atoms with Crippen LogP contribution < -0.4 is 10.6 Å². The van der Waals surface area contributed by atoms with E-state index < -0.39 is 0 Å². The van der Waals surface area contributed by atoms with Crippen LogP contribution in [-0.4, -0.2) is 43.4 Å². The second-order valence-corrected chi connectivity index (χ2v) is 6.86. The van der Waals surface area contributed by atoms with Gasteiger partial charge in [0.25, 0.3) is 0 Å². The smallest absolute Gasteiger partial charge is 0.226 e. The van der Waals surface area contributed by atoms with Gasteiger partial charge in [0.1, 0.15) is 0 Å². The molecule has 1 aromatic carbocycles. The number of piperidine rings is 1. The number of aliphatic imine (C=N–C) groups is 1. The summed E-state index contributed by atoms with van der Waals surface area (Å²) in [6, 6.07) is 7.58. The lowest BCUT2D eigenvalue weighted by molar-refractivity contribution is -0.116. The molecule has 1 aliphatic heterocycles. The molecule has 0 saturated carbocycles. The number of nitrogens with one attached hydrogen (secondary N) is 2. The first-order valence-corrected chi connectivity index (χ1v) is 8.89. The van der Waals surface area contributed by atoms with E-state index in [1.54, 1.807) is 7.05 Å². The van der Waals surface area contributed by atoms with Crippen LogP contribution in [0.5, 0.6) is 0 Å². The van der Waals surface area contributed by atoms with Crippen LogP contribution in [0.1, 0.15) is 26.2 Å². The maximum absolute atomic E-state index is 12.0. The molecule has 0 radical (unpaired) electrons. The highest BCUT2D eigenvalue weighted by Gasteiger charge is 2.18. The van der Waals surface area contributed by atoms with Gasteiger partial charge in [0.2, 0.25) is 5.91 Å². The van der Waals surface area contributed by atoms with Gasteiger partial charge in [-0.2, -0.15) is 0 Å². The predicted molar refractivity (Wildman–Crippen MR) is 114 cm³/mol. The molecule has 1 amide bonds. The van der Waals surface area contributed by atoms with Crippen LogP contribution in [0.2, 0.25) is 0 Å². The summed E-state index contributed by atoms with van der Waals surface area (Å²) < 4.78 is 0.997. The summed E-state index contributed by atoms with van der Waals surface area (Å²) in [5.74, 6) is 1.69. The average Bonchev–Trinajstić information content (AvgIpc) is 2.55. The quantitative estimate of drug-likeness (QED) is 0.370. The third-order valence-corrected chi connectivity index (χ3v) is 4.59. The second-order valence-electron chi connectivity index (χ2n) is 5.95. The third-order valence-electron chi connectivity index (χ3n) is 4.06. The van der Waals surface area contributed by atoms with Gasteiger partial charge in [-0.3, -0.25) is 9.79 Å². The predicted octanol–water partition coefficient (Wildman–Crippen LogP) is 3.70. The standard InChI is InChI=1S/C17H25BrN4O.HI/c1-13-8-11-22(12-9-13)17(19-2)20-10-7-16(23)21-15-5-3-14(18)4-6-15;/h3-6,13H,7-12H2,1-2H3,(H,19,20)(H,21,23);1H. The van der Waals surface area contributed by atoms with Crippen molar-refractivity contribution in [3.8, 4) is 0 Å². The Morgan fingerprint density at radius 3 is 2.50 bits per heavy atom. The number of nitrogens with zero attached hydrogens (tertiary/aromatic N) is 2. The summed E-state index contributed by atoms with van der Waals surface area (Å²) in [5, 5.41) is 6.18. The lowest BCUT2D eigenvalue weighted by Gasteiger charge is -2.32. The maximum Gasteiger partial charge on any atom is 0.226 e.